The van der Waals surface area contributed by atoms with E-state index in [-0.39, 0.29) is 0 Å². The van der Waals surface area contributed by atoms with Gasteiger partial charge in [0.1, 0.15) is 0 Å². The highest BCUT2D eigenvalue weighted by molar-refractivity contribution is 5.70. The Balaban J connectivity index is 1.24. The summed E-state index contributed by atoms with van der Waals surface area (Å²) < 4.78 is 7.07. The molecule has 0 saturated heterocycles. The highest BCUT2D eigenvalue weighted by Crippen LogP contribution is 2.33. The predicted octanol–water partition coefficient (Wildman–Crippen LogP) is 15.4. The minimum absolute atomic E-state index is 1.13. The summed E-state index contributed by atoms with van der Waals surface area (Å²) in [5, 5.41) is 0. The number of rotatable bonds is 21. The lowest BCUT2D eigenvalue weighted by molar-refractivity contribution is 0.667. The van der Waals surface area contributed by atoms with Gasteiger partial charge in [-0.05, 0) is 127 Å². The van der Waals surface area contributed by atoms with Crippen molar-refractivity contribution in [1.82, 2.24) is 13.7 Å². The Kier molecular flexibility index (Phi) is 14.2. The van der Waals surface area contributed by atoms with Crippen LogP contribution in [0.1, 0.15) is 115 Å². The molecule has 7 aromatic rings. The lowest BCUT2D eigenvalue weighted by Crippen LogP contribution is -2.04. The van der Waals surface area contributed by atoms with E-state index in [1.807, 2.05) is 0 Å². The molecule has 0 saturated carbocycles. The molecule has 57 heavy (non-hydrogen) atoms. The fraction of sp³-hybridized carbons (Fsp3) is 0.333. The van der Waals surface area contributed by atoms with E-state index in [1.54, 1.807) is 0 Å². The van der Waals surface area contributed by atoms with Crippen molar-refractivity contribution in [2.24, 2.45) is 0 Å². The minimum atomic E-state index is 1.13. The Bertz CT molecular complexity index is 1970. The van der Waals surface area contributed by atoms with Gasteiger partial charge in [0.25, 0.3) is 0 Å². The fourth-order valence-corrected chi connectivity index (χ4v) is 8.31. The van der Waals surface area contributed by atoms with E-state index in [2.05, 4.69) is 180 Å². The van der Waals surface area contributed by atoms with Crippen LogP contribution in [0.5, 0.6) is 0 Å². The molecule has 3 heteroatoms. The Hall–Kier alpha value is -5.28. The summed E-state index contributed by atoms with van der Waals surface area (Å²) in [6.07, 6.45) is 25.5. The van der Waals surface area contributed by atoms with Gasteiger partial charge < -0.3 is 13.7 Å². The summed E-state index contributed by atoms with van der Waals surface area (Å²) in [6, 6.07) is 48.1. The van der Waals surface area contributed by atoms with Gasteiger partial charge in [-0.25, -0.2) is 0 Å². The summed E-state index contributed by atoms with van der Waals surface area (Å²) in [5.74, 6) is 0. The molecule has 0 aliphatic rings. The third-order valence-electron chi connectivity index (χ3n) is 11.7. The smallest absolute Gasteiger partial charge is 0.0528 e. The maximum Gasteiger partial charge on any atom is 0.0528 e. The van der Waals surface area contributed by atoms with E-state index in [4.69, 9.17) is 0 Å². The molecular weight excluding hydrogens is 691 g/mol. The summed E-state index contributed by atoms with van der Waals surface area (Å²) in [5.41, 5.74) is 15.0. The number of benzene rings is 4. The predicted molar refractivity (Wildman–Crippen MR) is 244 cm³/mol. The van der Waals surface area contributed by atoms with Crippen molar-refractivity contribution in [2.45, 2.75) is 117 Å². The van der Waals surface area contributed by atoms with Crippen LogP contribution < -0.4 is 0 Å². The molecule has 7 rings (SSSR count). The van der Waals surface area contributed by atoms with Gasteiger partial charge in [0.2, 0.25) is 0 Å². The van der Waals surface area contributed by atoms with Crippen molar-refractivity contribution < 1.29 is 0 Å². The molecule has 0 spiro atoms. The third kappa shape index (κ3) is 10.2. The zero-order valence-corrected chi connectivity index (χ0v) is 34.8. The number of hydrogen-bond acceptors (Lipinski definition) is 0. The molecule has 294 valence electrons. The molecular formula is C54H63N3. The first-order chi connectivity index (χ1) is 28.1. The molecule has 0 amide bonds. The first kappa shape index (κ1) is 39.9. The third-order valence-corrected chi connectivity index (χ3v) is 11.7. The monoisotopic (exact) mass is 754 g/mol. The second kappa shape index (κ2) is 20.2. The van der Waals surface area contributed by atoms with Crippen molar-refractivity contribution in [3.8, 4) is 50.8 Å². The number of aryl methyl sites for hydroxylation is 3. The Morgan fingerprint density at radius 3 is 0.860 bits per heavy atom. The van der Waals surface area contributed by atoms with Crippen molar-refractivity contribution in [2.75, 3.05) is 0 Å². The van der Waals surface area contributed by atoms with Gasteiger partial charge in [0, 0.05) is 35.7 Å². The number of aromatic nitrogens is 3. The van der Waals surface area contributed by atoms with Crippen LogP contribution in [0.4, 0.5) is 0 Å². The van der Waals surface area contributed by atoms with Gasteiger partial charge in [0.05, 0.1) is 17.1 Å². The highest BCUT2D eigenvalue weighted by Gasteiger charge is 2.15. The first-order valence-corrected chi connectivity index (χ1v) is 22.1. The Morgan fingerprint density at radius 2 is 0.596 bits per heavy atom. The van der Waals surface area contributed by atoms with E-state index in [1.165, 1.54) is 128 Å². The number of nitrogens with zero attached hydrogens (tertiary/aromatic N) is 3. The van der Waals surface area contributed by atoms with Crippen molar-refractivity contribution >= 4 is 0 Å². The van der Waals surface area contributed by atoms with E-state index in [9.17, 15) is 0 Å². The van der Waals surface area contributed by atoms with Crippen LogP contribution in [0.2, 0.25) is 0 Å². The van der Waals surface area contributed by atoms with E-state index < -0.39 is 0 Å². The Labute approximate surface area is 343 Å². The zero-order chi connectivity index (χ0) is 39.2. The summed E-state index contributed by atoms with van der Waals surface area (Å²) >= 11 is 0. The number of hydrogen-bond donors (Lipinski definition) is 0. The molecule has 0 bridgehead atoms. The van der Waals surface area contributed by atoms with Crippen molar-refractivity contribution in [1.29, 1.82) is 0 Å². The minimum Gasteiger partial charge on any atom is -0.316 e. The fourth-order valence-electron chi connectivity index (χ4n) is 8.31. The average Bonchev–Trinajstić information content (AvgIpc) is 4.06. The molecule has 3 aromatic heterocycles. The largest absolute Gasteiger partial charge is 0.316 e. The van der Waals surface area contributed by atoms with Gasteiger partial charge in [-0.3, -0.25) is 0 Å². The van der Waals surface area contributed by atoms with Crippen molar-refractivity contribution in [3.05, 3.63) is 163 Å². The van der Waals surface area contributed by atoms with E-state index >= 15 is 0 Å². The molecule has 4 aromatic carbocycles. The maximum atomic E-state index is 2.36. The van der Waals surface area contributed by atoms with E-state index in [0.717, 1.165) is 36.3 Å². The number of unbranched alkanes of at least 4 members (excludes halogenated alkanes) is 9. The molecule has 0 aliphatic carbocycles. The summed E-state index contributed by atoms with van der Waals surface area (Å²) in [4.78, 5) is 0. The average molecular weight is 754 g/mol. The molecule has 0 unspecified atom stereocenters. The standard InChI is InChI=1S/C54H63N3/c1-4-7-10-13-19-43-25-31-46(32-26-43)52-22-16-37-55(52)49-40-50(56-38-17-23-53(56)47-33-27-44(28-34-47)20-14-11-8-5-2)42-51(41-49)57-39-18-24-54(57)48-35-29-45(30-36-48)21-15-12-9-6-3/h16-18,22-42H,4-15,19-21H2,1-3H3. The SMILES string of the molecule is CCCCCCc1ccc(-c2cccn2-c2cc(-n3cccc3-c3ccc(CCCCCC)cc3)cc(-n3cccc3-c3ccc(CCCCCC)cc3)c2)cc1. The molecule has 3 heterocycles. The lowest BCUT2D eigenvalue weighted by Gasteiger charge is -2.18. The van der Waals surface area contributed by atoms with Crippen LogP contribution in [0.3, 0.4) is 0 Å². The second-order valence-corrected chi connectivity index (χ2v) is 16.0. The molecule has 0 radical (unpaired) electrons. The van der Waals surface area contributed by atoms with Gasteiger partial charge in [-0.15, -0.1) is 0 Å². The van der Waals surface area contributed by atoms with Gasteiger partial charge in [-0.1, -0.05) is 151 Å². The highest BCUT2D eigenvalue weighted by atomic mass is 15.0. The van der Waals surface area contributed by atoms with Crippen LogP contribution in [0.15, 0.2) is 146 Å². The zero-order valence-electron chi connectivity index (χ0n) is 34.8. The first-order valence-electron chi connectivity index (χ1n) is 22.1. The summed E-state index contributed by atoms with van der Waals surface area (Å²) in [7, 11) is 0. The van der Waals surface area contributed by atoms with Crippen LogP contribution >= 0.6 is 0 Å². The molecule has 0 atom stereocenters. The van der Waals surface area contributed by atoms with Crippen LogP contribution in [-0.4, -0.2) is 13.7 Å². The van der Waals surface area contributed by atoms with Crippen molar-refractivity contribution in [3.63, 3.8) is 0 Å². The maximum absolute atomic E-state index is 2.36. The van der Waals surface area contributed by atoms with Gasteiger partial charge >= 0.3 is 0 Å². The molecule has 0 fully saturated rings. The molecule has 0 aliphatic heterocycles. The molecule has 0 N–H and O–H groups in total. The summed E-state index contributed by atoms with van der Waals surface area (Å²) in [6.45, 7) is 6.83. The van der Waals surface area contributed by atoms with Gasteiger partial charge in [0.15, 0.2) is 0 Å². The quantitative estimate of drug-likeness (QED) is 0.0649. The molecule has 3 nitrogen and oxygen atoms in total. The topological polar surface area (TPSA) is 14.8 Å². The van der Waals surface area contributed by atoms with Crippen LogP contribution in [-0.2, 0) is 19.3 Å². The van der Waals surface area contributed by atoms with Gasteiger partial charge in [-0.2, -0.15) is 0 Å². The second-order valence-electron chi connectivity index (χ2n) is 16.0. The Morgan fingerprint density at radius 1 is 0.316 bits per heavy atom. The lowest BCUT2D eigenvalue weighted by atomic mass is 10.0. The van der Waals surface area contributed by atoms with Crippen LogP contribution in [0.25, 0.3) is 50.8 Å². The normalized spacial score (nSPS) is 11.4. The van der Waals surface area contributed by atoms with Crippen LogP contribution in [0, 0.1) is 0 Å². The van der Waals surface area contributed by atoms with E-state index in [0.29, 0.717) is 0 Å².